The van der Waals surface area contributed by atoms with Crippen LogP contribution in [0.3, 0.4) is 0 Å². The smallest absolute Gasteiger partial charge is 0.254 e. The molecule has 1 heterocycles. The van der Waals surface area contributed by atoms with Crippen LogP contribution in [0.5, 0.6) is 0 Å². The number of nitrogens with zero attached hydrogens (tertiary/aromatic N) is 1. The zero-order valence-corrected chi connectivity index (χ0v) is 19.1. The lowest BCUT2D eigenvalue weighted by Gasteiger charge is -2.35. The third-order valence-electron chi connectivity index (χ3n) is 6.55. The molecule has 2 aromatic rings. The molecule has 0 aromatic heterocycles. The summed E-state index contributed by atoms with van der Waals surface area (Å²) in [5, 5.41) is 16.5. The molecule has 33 heavy (non-hydrogen) atoms. The quantitative estimate of drug-likeness (QED) is 0.569. The Kier molecular flexibility index (Phi) is 7.75. The summed E-state index contributed by atoms with van der Waals surface area (Å²) in [4.78, 5) is 27.2. The molecule has 1 saturated heterocycles. The Labute approximate surface area is 195 Å². The van der Waals surface area contributed by atoms with E-state index in [1.54, 1.807) is 24.3 Å². The van der Waals surface area contributed by atoms with Gasteiger partial charge in [0.1, 0.15) is 0 Å². The molecule has 2 amide bonds. The Morgan fingerprint density at radius 1 is 1.06 bits per heavy atom. The highest BCUT2D eigenvalue weighted by molar-refractivity contribution is 5.98. The molecule has 0 radical (unpaired) electrons. The normalized spacial score (nSPS) is 19.2. The minimum absolute atomic E-state index is 0.0346. The van der Waals surface area contributed by atoms with Crippen molar-refractivity contribution in [1.29, 1.82) is 0 Å². The fraction of sp³-hybridized carbons (Fsp3) is 0.462. The molecular formula is C26H33N3O4. The second-order valence-corrected chi connectivity index (χ2v) is 8.86. The van der Waals surface area contributed by atoms with Crippen molar-refractivity contribution in [2.24, 2.45) is 0 Å². The molecule has 3 N–H and O–H groups in total. The molecule has 7 heteroatoms. The summed E-state index contributed by atoms with van der Waals surface area (Å²) in [5.74, 6) is -0.299. The Morgan fingerprint density at radius 3 is 2.39 bits per heavy atom. The van der Waals surface area contributed by atoms with Crippen LogP contribution in [0.1, 0.15) is 45.2 Å². The van der Waals surface area contributed by atoms with Crippen LogP contribution in [-0.4, -0.2) is 72.9 Å². The molecule has 1 aliphatic heterocycles. The maximum atomic E-state index is 12.8. The first kappa shape index (κ1) is 23.4. The molecule has 176 valence electrons. The van der Waals surface area contributed by atoms with Gasteiger partial charge in [0.2, 0.25) is 0 Å². The van der Waals surface area contributed by atoms with Crippen LogP contribution >= 0.6 is 0 Å². The lowest BCUT2D eigenvalue weighted by Crippen LogP contribution is -2.48. The van der Waals surface area contributed by atoms with E-state index in [-0.39, 0.29) is 24.4 Å². The second-order valence-electron chi connectivity index (χ2n) is 8.86. The van der Waals surface area contributed by atoms with Gasteiger partial charge < -0.3 is 25.4 Å². The fourth-order valence-corrected chi connectivity index (χ4v) is 4.58. The minimum atomic E-state index is -0.675. The van der Waals surface area contributed by atoms with Crippen LogP contribution in [-0.2, 0) is 17.6 Å². The van der Waals surface area contributed by atoms with E-state index >= 15 is 0 Å². The summed E-state index contributed by atoms with van der Waals surface area (Å²) in [6.07, 6.45) is 2.09. The van der Waals surface area contributed by atoms with E-state index in [1.165, 1.54) is 11.1 Å². The Balaban J connectivity index is 1.22. The zero-order chi connectivity index (χ0) is 23.2. The van der Waals surface area contributed by atoms with Gasteiger partial charge in [-0.2, -0.15) is 0 Å². The third kappa shape index (κ3) is 5.79. The predicted octanol–water partition coefficient (Wildman–Crippen LogP) is 1.79. The number of benzene rings is 2. The van der Waals surface area contributed by atoms with Gasteiger partial charge in [0.05, 0.1) is 25.4 Å². The molecule has 0 unspecified atom stereocenters. The number of carbonyl (C=O) groups excluding carboxylic acids is 2. The van der Waals surface area contributed by atoms with Crippen molar-refractivity contribution < 1.29 is 19.4 Å². The van der Waals surface area contributed by atoms with Gasteiger partial charge in [0.25, 0.3) is 11.8 Å². The van der Waals surface area contributed by atoms with Crippen LogP contribution in [0.4, 0.5) is 0 Å². The Hall–Kier alpha value is -2.74. The van der Waals surface area contributed by atoms with Crippen LogP contribution < -0.4 is 10.6 Å². The summed E-state index contributed by atoms with van der Waals surface area (Å²) in [6.45, 7) is 4.33. The number of hydrogen-bond acceptors (Lipinski definition) is 5. The number of amides is 2. The van der Waals surface area contributed by atoms with Gasteiger partial charge in [-0.25, -0.2) is 0 Å². The van der Waals surface area contributed by atoms with Crippen molar-refractivity contribution in [1.82, 2.24) is 15.5 Å². The van der Waals surface area contributed by atoms with E-state index in [0.717, 1.165) is 19.3 Å². The number of aliphatic hydroxyl groups excluding tert-OH is 1. The van der Waals surface area contributed by atoms with Gasteiger partial charge in [-0.05, 0) is 54.7 Å². The van der Waals surface area contributed by atoms with E-state index in [4.69, 9.17) is 4.74 Å². The first-order valence-corrected chi connectivity index (χ1v) is 11.8. The lowest BCUT2D eigenvalue weighted by molar-refractivity contribution is -0.00280. The van der Waals surface area contributed by atoms with Crippen molar-refractivity contribution in [2.75, 3.05) is 32.8 Å². The number of hydrogen-bond donors (Lipinski definition) is 3. The molecule has 2 atom stereocenters. The van der Waals surface area contributed by atoms with E-state index < -0.39 is 6.10 Å². The van der Waals surface area contributed by atoms with Gasteiger partial charge in [-0.15, -0.1) is 0 Å². The molecule has 2 aliphatic rings. The van der Waals surface area contributed by atoms with Crippen molar-refractivity contribution >= 4 is 11.8 Å². The average Bonchev–Trinajstić information content (AvgIpc) is 3.28. The molecule has 0 saturated carbocycles. The predicted molar refractivity (Wildman–Crippen MR) is 126 cm³/mol. The van der Waals surface area contributed by atoms with E-state index in [9.17, 15) is 14.7 Å². The highest BCUT2D eigenvalue weighted by atomic mass is 16.5. The Morgan fingerprint density at radius 2 is 1.73 bits per heavy atom. The highest BCUT2D eigenvalue weighted by Gasteiger charge is 2.27. The zero-order valence-electron chi connectivity index (χ0n) is 19.1. The minimum Gasteiger partial charge on any atom is -0.390 e. The molecule has 1 aliphatic carbocycles. The molecular weight excluding hydrogens is 418 g/mol. The third-order valence-corrected chi connectivity index (χ3v) is 6.55. The molecule has 0 bridgehead atoms. The standard InChI is InChI=1S/C26H33N3O4/c1-2-23-17-33-12-11-29(23)26(32)19-9-7-18(8-10-19)25(31)28-16-24(30)15-27-22-13-20-5-3-4-6-21(20)14-22/h3-10,22-24,27,30H,2,11-17H2,1H3,(H,28,31)/t23-,24+/m1/s1. The Bertz CT molecular complexity index is 937. The van der Waals surface area contributed by atoms with Gasteiger partial charge in [-0.1, -0.05) is 31.2 Å². The molecule has 2 aromatic carbocycles. The lowest BCUT2D eigenvalue weighted by atomic mass is 10.1. The van der Waals surface area contributed by atoms with Crippen LogP contribution in [0.2, 0.25) is 0 Å². The monoisotopic (exact) mass is 451 g/mol. The first-order valence-electron chi connectivity index (χ1n) is 11.8. The maximum absolute atomic E-state index is 12.8. The van der Waals surface area contributed by atoms with E-state index in [1.807, 2.05) is 11.8 Å². The van der Waals surface area contributed by atoms with Crippen molar-refractivity contribution in [3.8, 4) is 0 Å². The van der Waals surface area contributed by atoms with E-state index in [2.05, 4.69) is 34.9 Å². The number of aliphatic hydroxyl groups is 1. The molecule has 4 rings (SSSR count). The van der Waals surface area contributed by atoms with Crippen molar-refractivity contribution in [3.05, 3.63) is 70.8 Å². The fourth-order valence-electron chi connectivity index (χ4n) is 4.58. The first-order chi connectivity index (χ1) is 16.0. The number of ether oxygens (including phenoxy) is 1. The SMILES string of the molecule is CC[C@@H]1COCCN1C(=O)c1ccc(C(=O)NC[C@@H](O)CNC2Cc3ccccc3C2)cc1. The average molecular weight is 452 g/mol. The molecule has 1 fully saturated rings. The summed E-state index contributed by atoms with van der Waals surface area (Å²) in [5.41, 5.74) is 3.75. The number of nitrogens with one attached hydrogen (secondary N) is 2. The molecule has 0 spiro atoms. The maximum Gasteiger partial charge on any atom is 0.254 e. The summed E-state index contributed by atoms with van der Waals surface area (Å²) < 4.78 is 5.48. The van der Waals surface area contributed by atoms with Crippen molar-refractivity contribution in [2.45, 2.75) is 44.4 Å². The summed E-state index contributed by atoms with van der Waals surface area (Å²) in [7, 11) is 0. The van der Waals surface area contributed by atoms with Crippen LogP contribution in [0.15, 0.2) is 48.5 Å². The largest absolute Gasteiger partial charge is 0.390 e. The van der Waals surface area contributed by atoms with Crippen molar-refractivity contribution in [3.63, 3.8) is 0 Å². The highest BCUT2D eigenvalue weighted by Crippen LogP contribution is 2.21. The number of rotatable bonds is 8. The summed E-state index contributed by atoms with van der Waals surface area (Å²) in [6, 6.07) is 15.5. The second kappa shape index (κ2) is 10.9. The number of carbonyl (C=O) groups is 2. The number of morpholine rings is 1. The van der Waals surface area contributed by atoms with Gasteiger partial charge >= 0.3 is 0 Å². The van der Waals surface area contributed by atoms with E-state index in [0.29, 0.717) is 43.5 Å². The number of fused-ring (bicyclic) bond motifs is 1. The van der Waals surface area contributed by atoms with Gasteiger partial charge in [-0.3, -0.25) is 9.59 Å². The van der Waals surface area contributed by atoms with Gasteiger partial charge in [0.15, 0.2) is 0 Å². The van der Waals surface area contributed by atoms with Gasteiger partial charge in [0, 0.05) is 36.8 Å². The topological polar surface area (TPSA) is 90.9 Å². The van der Waals surface area contributed by atoms with Crippen LogP contribution in [0.25, 0.3) is 0 Å². The molecule has 7 nitrogen and oxygen atoms in total. The van der Waals surface area contributed by atoms with Crippen LogP contribution in [0, 0.1) is 0 Å². The summed E-state index contributed by atoms with van der Waals surface area (Å²) >= 11 is 0.